The molecule has 0 amide bonds. The molecule has 0 N–H and O–H groups in total. The van der Waals surface area contributed by atoms with Crippen molar-refractivity contribution >= 4 is 29.2 Å². The van der Waals surface area contributed by atoms with Crippen molar-refractivity contribution in [2.24, 2.45) is 0 Å². The number of carbonyl (C=O) groups excluding carboxylic acids is 2. The molecule has 0 aliphatic rings. The summed E-state index contributed by atoms with van der Waals surface area (Å²) in [7, 11) is 1.31. The van der Waals surface area contributed by atoms with Crippen LogP contribution in [-0.2, 0) is 14.3 Å². The lowest BCUT2D eigenvalue weighted by Gasteiger charge is -2.10. The van der Waals surface area contributed by atoms with Crippen molar-refractivity contribution in [1.82, 2.24) is 0 Å². The average Bonchev–Trinajstić information content (AvgIpc) is 2.40. The van der Waals surface area contributed by atoms with Gasteiger partial charge in [-0.3, -0.25) is 10.1 Å². The van der Waals surface area contributed by atoms with Gasteiger partial charge in [0.1, 0.15) is 5.02 Å². The molecule has 0 bridgehead atoms. The lowest BCUT2D eigenvalue weighted by molar-refractivity contribution is -0.384. The number of benzene rings is 1. The van der Waals surface area contributed by atoms with Crippen LogP contribution < -0.4 is 0 Å². The van der Waals surface area contributed by atoms with E-state index in [0.29, 0.717) is 6.42 Å². The van der Waals surface area contributed by atoms with E-state index in [2.05, 4.69) is 4.74 Å². The molecule has 0 saturated heterocycles. The van der Waals surface area contributed by atoms with Crippen LogP contribution in [0.5, 0.6) is 0 Å². The Hall–Kier alpha value is -1.99. The highest BCUT2D eigenvalue weighted by atomic mass is 35.5. The third-order valence-electron chi connectivity index (χ3n) is 2.49. The molecule has 0 radical (unpaired) electrons. The molecule has 7 nitrogen and oxygen atoms in total. The number of methoxy groups -OCH3 is 1. The third-order valence-corrected chi connectivity index (χ3v) is 2.81. The van der Waals surface area contributed by atoms with Gasteiger partial charge in [0.05, 0.1) is 10.5 Å². The molecule has 1 aromatic rings. The van der Waals surface area contributed by atoms with Gasteiger partial charge < -0.3 is 9.47 Å². The van der Waals surface area contributed by atoms with Crippen molar-refractivity contribution in [2.45, 2.75) is 19.4 Å². The molecule has 0 aliphatic carbocycles. The SMILES string of the molecule is CCC(OC)C(=O)OC(=O)c1ccc(Cl)c([N+](=O)[O-])c1. The van der Waals surface area contributed by atoms with Gasteiger partial charge in [-0.2, -0.15) is 0 Å². The molecule has 1 aromatic carbocycles. The van der Waals surface area contributed by atoms with Crippen molar-refractivity contribution in [3.8, 4) is 0 Å². The molecule has 0 aromatic heterocycles. The monoisotopic (exact) mass is 301 g/mol. The van der Waals surface area contributed by atoms with Gasteiger partial charge >= 0.3 is 11.9 Å². The van der Waals surface area contributed by atoms with Crippen LogP contribution in [0.15, 0.2) is 18.2 Å². The van der Waals surface area contributed by atoms with Crippen molar-refractivity contribution in [2.75, 3.05) is 7.11 Å². The standard InChI is InChI=1S/C12H12ClNO6/c1-3-10(19-2)12(16)20-11(15)7-4-5-8(13)9(6-7)14(17)18/h4-6,10H,3H2,1-2H3. The van der Waals surface area contributed by atoms with Gasteiger partial charge in [-0.15, -0.1) is 0 Å². The van der Waals surface area contributed by atoms with Gasteiger partial charge in [0.25, 0.3) is 5.69 Å². The zero-order chi connectivity index (χ0) is 15.3. The Morgan fingerprint density at radius 1 is 1.45 bits per heavy atom. The fraction of sp³-hybridized carbons (Fsp3) is 0.333. The topological polar surface area (TPSA) is 95.7 Å². The van der Waals surface area contributed by atoms with Crippen LogP contribution in [0.1, 0.15) is 23.7 Å². The first kappa shape index (κ1) is 16.1. The number of hydrogen-bond acceptors (Lipinski definition) is 6. The average molecular weight is 302 g/mol. The van der Waals surface area contributed by atoms with E-state index in [1.165, 1.54) is 19.2 Å². The molecule has 0 saturated carbocycles. The van der Waals surface area contributed by atoms with E-state index in [-0.39, 0.29) is 10.6 Å². The Labute approximate surface area is 119 Å². The smallest absolute Gasteiger partial charge is 0.346 e. The molecule has 0 heterocycles. The second kappa shape index (κ2) is 6.97. The number of rotatable bonds is 5. The molecule has 108 valence electrons. The minimum atomic E-state index is -0.995. The summed E-state index contributed by atoms with van der Waals surface area (Å²) in [5.41, 5.74) is -0.576. The molecule has 0 aliphatic heterocycles. The Kier molecular flexibility index (Phi) is 5.60. The fourth-order valence-electron chi connectivity index (χ4n) is 1.43. The van der Waals surface area contributed by atoms with E-state index in [9.17, 15) is 19.7 Å². The van der Waals surface area contributed by atoms with E-state index in [4.69, 9.17) is 16.3 Å². The lowest BCUT2D eigenvalue weighted by Crippen LogP contribution is -2.27. The van der Waals surface area contributed by atoms with Crippen LogP contribution in [0.4, 0.5) is 5.69 Å². The van der Waals surface area contributed by atoms with E-state index < -0.39 is 28.7 Å². The van der Waals surface area contributed by atoms with Crippen LogP contribution >= 0.6 is 11.6 Å². The van der Waals surface area contributed by atoms with Crippen LogP contribution in [0.25, 0.3) is 0 Å². The van der Waals surface area contributed by atoms with Gasteiger partial charge in [0.2, 0.25) is 0 Å². The van der Waals surface area contributed by atoms with Gasteiger partial charge in [0.15, 0.2) is 6.10 Å². The largest absolute Gasteiger partial charge is 0.387 e. The second-order valence-corrected chi connectivity index (χ2v) is 4.17. The molecule has 1 atom stereocenters. The minimum absolute atomic E-state index is 0.110. The summed E-state index contributed by atoms with van der Waals surface area (Å²) in [6.07, 6.45) is -0.523. The van der Waals surface area contributed by atoms with Crippen LogP contribution in [0, 0.1) is 10.1 Å². The highest BCUT2D eigenvalue weighted by molar-refractivity contribution is 6.32. The number of carbonyl (C=O) groups is 2. The maximum atomic E-state index is 11.7. The Balaban J connectivity index is 2.91. The van der Waals surface area contributed by atoms with E-state index in [1.54, 1.807) is 6.92 Å². The predicted octanol–water partition coefficient (Wildman–Crippen LogP) is 2.36. The van der Waals surface area contributed by atoms with Gasteiger partial charge in [0, 0.05) is 13.2 Å². The summed E-state index contributed by atoms with van der Waals surface area (Å²) in [6.45, 7) is 1.69. The summed E-state index contributed by atoms with van der Waals surface area (Å²) in [4.78, 5) is 33.2. The normalized spacial score (nSPS) is 11.8. The Bertz CT molecular complexity index is 541. The van der Waals surface area contributed by atoms with Gasteiger partial charge in [-0.25, -0.2) is 9.59 Å². The molecule has 20 heavy (non-hydrogen) atoms. The zero-order valence-corrected chi connectivity index (χ0v) is 11.5. The minimum Gasteiger partial charge on any atom is -0.387 e. The first-order chi connectivity index (χ1) is 9.40. The number of esters is 2. The summed E-state index contributed by atoms with van der Waals surface area (Å²) in [5.74, 6) is -1.84. The number of nitro benzene ring substituents is 1. The second-order valence-electron chi connectivity index (χ2n) is 3.76. The summed E-state index contributed by atoms with van der Waals surface area (Å²) < 4.78 is 9.41. The maximum Gasteiger partial charge on any atom is 0.346 e. The van der Waals surface area contributed by atoms with Gasteiger partial charge in [-0.1, -0.05) is 18.5 Å². The summed E-state index contributed by atoms with van der Waals surface area (Å²) in [5, 5.41) is 10.6. The highest BCUT2D eigenvalue weighted by Crippen LogP contribution is 2.25. The summed E-state index contributed by atoms with van der Waals surface area (Å²) >= 11 is 5.62. The predicted molar refractivity (Wildman–Crippen MR) is 69.6 cm³/mol. The van der Waals surface area contributed by atoms with Crippen molar-refractivity contribution in [1.29, 1.82) is 0 Å². The first-order valence-corrected chi connectivity index (χ1v) is 6.01. The first-order valence-electron chi connectivity index (χ1n) is 5.63. The Morgan fingerprint density at radius 3 is 2.60 bits per heavy atom. The van der Waals surface area contributed by atoms with Gasteiger partial charge in [-0.05, 0) is 18.6 Å². The number of nitrogens with zero attached hydrogens (tertiary/aromatic N) is 1. The lowest BCUT2D eigenvalue weighted by atomic mass is 10.2. The molecule has 1 rings (SSSR count). The quantitative estimate of drug-likeness (QED) is 0.358. The van der Waals surface area contributed by atoms with Crippen molar-refractivity contribution < 1.29 is 24.0 Å². The number of nitro groups is 1. The Morgan fingerprint density at radius 2 is 2.10 bits per heavy atom. The van der Waals surface area contributed by atoms with Crippen LogP contribution in [-0.4, -0.2) is 30.1 Å². The van der Waals surface area contributed by atoms with E-state index in [0.717, 1.165) is 6.07 Å². The molecular weight excluding hydrogens is 290 g/mol. The van der Waals surface area contributed by atoms with E-state index >= 15 is 0 Å². The number of ether oxygens (including phenoxy) is 2. The fourth-order valence-corrected chi connectivity index (χ4v) is 1.61. The molecule has 8 heteroatoms. The van der Waals surface area contributed by atoms with Crippen LogP contribution in [0.3, 0.4) is 0 Å². The molecular formula is C12H12ClNO6. The zero-order valence-electron chi connectivity index (χ0n) is 10.8. The van der Waals surface area contributed by atoms with Crippen molar-refractivity contribution in [3.05, 3.63) is 38.9 Å². The number of halogens is 1. The molecule has 1 unspecified atom stereocenters. The molecule has 0 fully saturated rings. The van der Waals surface area contributed by atoms with Crippen molar-refractivity contribution in [3.63, 3.8) is 0 Å². The molecule has 0 spiro atoms. The third kappa shape index (κ3) is 3.75. The highest BCUT2D eigenvalue weighted by Gasteiger charge is 2.23. The summed E-state index contributed by atoms with van der Waals surface area (Å²) in [6, 6.07) is 3.37. The van der Waals surface area contributed by atoms with Crippen LogP contribution in [0.2, 0.25) is 5.02 Å². The maximum absolute atomic E-state index is 11.7. The van der Waals surface area contributed by atoms with E-state index in [1.807, 2.05) is 0 Å². The number of hydrogen-bond donors (Lipinski definition) is 0.